The van der Waals surface area contributed by atoms with E-state index < -0.39 is 0 Å². The lowest BCUT2D eigenvalue weighted by Crippen LogP contribution is -2.15. The van der Waals surface area contributed by atoms with E-state index in [1.165, 1.54) is 0 Å². The Kier molecular flexibility index (Phi) is 4.87. The minimum Gasteiger partial charge on any atom is -0.384 e. The predicted octanol–water partition coefficient (Wildman–Crippen LogP) is 0.651. The lowest BCUT2D eigenvalue weighted by Gasteiger charge is -2.05. The zero-order valence-corrected chi connectivity index (χ0v) is 10.8. The molecule has 0 unspecified atom stereocenters. The van der Waals surface area contributed by atoms with Gasteiger partial charge >= 0.3 is 0 Å². The number of anilines is 1. The van der Waals surface area contributed by atoms with Gasteiger partial charge in [0.05, 0.1) is 0 Å². The van der Waals surface area contributed by atoms with Crippen LogP contribution in [0, 0.1) is 11.8 Å². The average Bonchev–Trinajstić information content (AvgIpc) is 2.97. The Morgan fingerprint density at radius 2 is 2.30 bits per heavy atom. The fraction of sp³-hybridized carbons (Fsp3) is 0.214. The Labute approximate surface area is 116 Å². The van der Waals surface area contributed by atoms with Crippen LogP contribution >= 0.6 is 0 Å². The summed E-state index contributed by atoms with van der Waals surface area (Å²) in [6.45, 7) is 0.297. The number of aliphatic hydroxyl groups excluding tert-OH is 1. The summed E-state index contributed by atoms with van der Waals surface area (Å²) in [6.07, 6.45) is 3.79. The second-order valence-corrected chi connectivity index (χ2v) is 3.94. The molecular formula is C14H14N4O2. The topological polar surface area (TPSA) is 80.0 Å². The van der Waals surface area contributed by atoms with Crippen LogP contribution in [0.3, 0.4) is 0 Å². The van der Waals surface area contributed by atoms with Crippen LogP contribution in [0.4, 0.5) is 5.82 Å². The maximum absolute atomic E-state index is 11.8. The second-order valence-electron chi connectivity index (χ2n) is 3.94. The first-order chi connectivity index (χ1) is 9.78. The van der Waals surface area contributed by atoms with Crippen LogP contribution in [0.1, 0.15) is 12.1 Å². The number of hydrogen-bond donors (Lipinski definition) is 2. The molecule has 20 heavy (non-hydrogen) atoms. The number of aliphatic hydroxyl groups is 1. The smallest absolute Gasteiger partial charge is 0.227 e. The largest absolute Gasteiger partial charge is 0.384 e. The maximum Gasteiger partial charge on any atom is 0.227 e. The molecule has 1 amide bonds. The third kappa shape index (κ3) is 4.23. The van der Waals surface area contributed by atoms with Crippen molar-refractivity contribution in [3.05, 3.63) is 42.4 Å². The van der Waals surface area contributed by atoms with Crippen molar-refractivity contribution in [1.82, 2.24) is 14.8 Å². The van der Waals surface area contributed by atoms with Gasteiger partial charge < -0.3 is 10.4 Å². The lowest BCUT2D eigenvalue weighted by atomic mass is 10.3. The van der Waals surface area contributed by atoms with Crippen molar-refractivity contribution in [2.75, 3.05) is 11.9 Å². The van der Waals surface area contributed by atoms with E-state index in [1.807, 2.05) is 6.07 Å². The monoisotopic (exact) mass is 270 g/mol. The van der Waals surface area contributed by atoms with Gasteiger partial charge in [-0.3, -0.25) is 9.48 Å². The van der Waals surface area contributed by atoms with Gasteiger partial charge in [0.2, 0.25) is 5.91 Å². The standard InChI is InChI=1S/C14H14N4O2/c19-11-2-5-12-4-1-6-13(16-12)17-14(20)7-10-18-9-3-8-15-18/h1,3-4,6,8-9,19H,7,10-11H2,(H,16,17,20). The molecule has 0 aliphatic carbocycles. The van der Waals surface area contributed by atoms with Crippen molar-refractivity contribution in [1.29, 1.82) is 0 Å². The van der Waals surface area contributed by atoms with Crippen LogP contribution in [0.25, 0.3) is 0 Å². The van der Waals surface area contributed by atoms with E-state index in [0.29, 0.717) is 24.5 Å². The van der Waals surface area contributed by atoms with Gasteiger partial charge in [-0.2, -0.15) is 5.10 Å². The van der Waals surface area contributed by atoms with E-state index in [9.17, 15) is 4.79 Å². The van der Waals surface area contributed by atoms with Crippen molar-refractivity contribution in [3.63, 3.8) is 0 Å². The zero-order valence-electron chi connectivity index (χ0n) is 10.8. The summed E-state index contributed by atoms with van der Waals surface area (Å²) >= 11 is 0. The van der Waals surface area contributed by atoms with Crippen molar-refractivity contribution in [2.45, 2.75) is 13.0 Å². The molecule has 6 nitrogen and oxygen atoms in total. The molecule has 102 valence electrons. The first-order valence-corrected chi connectivity index (χ1v) is 6.12. The summed E-state index contributed by atoms with van der Waals surface area (Å²) in [4.78, 5) is 15.9. The van der Waals surface area contributed by atoms with Crippen LogP contribution in [0.15, 0.2) is 36.7 Å². The van der Waals surface area contributed by atoms with E-state index in [0.717, 1.165) is 0 Å². The number of hydrogen-bond acceptors (Lipinski definition) is 4. The summed E-state index contributed by atoms with van der Waals surface area (Å²) in [5.41, 5.74) is 0.504. The Hall–Kier alpha value is -2.65. The molecule has 0 saturated carbocycles. The first kappa shape index (κ1) is 13.8. The summed E-state index contributed by atoms with van der Waals surface area (Å²) in [5.74, 6) is 5.50. The molecule has 2 aromatic heterocycles. The van der Waals surface area contributed by atoms with Crippen LogP contribution in [-0.2, 0) is 11.3 Å². The summed E-state index contributed by atoms with van der Waals surface area (Å²) < 4.78 is 1.69. The molecule has 0 fully saturated rings. The molecule has 6 heteroatoms. The molecule has 0 aromatic carbocycles. The van der Waals surface area contributed by atoms with Crippen LogP contribution in [0.2, 0.25) is 0 Å². The number of rotatable bonds is 4. The number of aryl methyl sites for hydroxylation is 1. The molecule has 0 aliphatic rings. The van der Waals surface area contributed by atoms with Gasteiger partial charge in [-0.05, 0) is 24.1 Å². The van der Waals surface area contributed by atoms with Crippen LogP contribution < -0.4 is 5.32 Å². The molecule has 0 saturated heterocycles. The minimum atomic E-state index is -0.220. The normalized spacial score (nSPS) is 9.65. The van der Waals surface area contributed by atoms with Crippen LogP contribution in [0.5, 0.6) is 0 Å². The van der Waals surface area contributed by atoms with Crippen molar-refractivity contribution in [3.8, 4) is 11.8 Å². The highest BCUT2D eigenvalue weighted by Crippen LogP contribution is 2.05. The third-order valence-electron chi connectivity index (χ3n) is 2.44. The number of aromatic nitrogens is 3. The van der Waals surface area contributed by atoms with Crippen LogP contribution in [-0.4, -0.2) is 32.4 Å². The van der Waals surface area contributed by atoms with Gasteiger partial charge in [-0.15, -0.1) is 0 Å². The van der Waals surface area contributed by atoms with Gasteiger partial charge in [-0.25, -0.2) is 4.98 Å². The molecule has 2 heterocycles. The number of pyridine rings is 1. The third-order valence-corrected chi connectivity index (χ3v) is 2.44. The van der Waals surface area contributed by atoms with Crippen molar-refractivity contribution < 1.29 is 9.90 Å². The van der Waals surface area contributed by atoms with Gasteiger partial charge in [0, 0.05) is 25.4 Å². The van der Waals surface area contributed by atoms with Gasteiger partial charge in [0.1, 0.15) is 18.1 Å². The molecule has 2 aromatic rings. The number of amides is 1. The van der Waals surface area contributed by atoms with Gasteiger partial charge in [-0.1, -0.05) is 12.0 Å². The van der Waals surface area contributed by atoms with E-state index >= 15 is 0 Å². The quantitative estimate of drug-likeness (QED) is 0.799. The number of nitrogens with one attached hydrogen (secondary N) is 1. The van der Waals surface area contributed by atoms with E-state index in [1.54, 1.807) is 35.3 Å². The maximum atomic E-state index is 11.8. The van der Waals surface area contributed by atoms with E-state index in [2.05, 4.69) is 27.2 Å². The predicted molar refractivity (Wildman–Crippen MR) is 73.7 cm³/mol. The number of carbonyl (C=O) groups is 1. The van der Waals surface area contributed by atoms with Gasteiger partial charge in [0.15, 0.2) is 0 Å². The summed E-state index contributed by atoms with van der Waals surface area (Å²) in [5, 5.41) is 15.3. The molecule has 0 atom stereocenters. The molecule has 0 aliphatic heterocycles. The zero-order chi connectivity index (χ0) is 14.2. The van der Waals surface area contributed by atoms with Crippen molar-refractivity contribution in [2.24, 2.45) is 0 Å². The summed E-state index contributed by atoms with van der Waals surface area (Å²) in [6, 6.07) is 6.96. The first-order valence-electron chi connectivity index (χ1n) is 6.12. The van der Waals surface area contributed by atoms with Crippen molar-refractivity contribution >= 4 is 11.7 Å². The minimum absolute atomic E-state index is 0.139. The number of carbonyl (C=O) groups excluding carboxylic acids is 1. The second kappa shape index (κ2) is 7.07. The summed E-state index contributed by atoms with van der Waals surface area (Å²) in [7, 11) is 0. The van der Waals surface area contributed by atoms with E-state index in [-0.39, 0.29) is 12.5 Å². The number of nitrogens with zero attached hydrogens (tertiary/aromatic N) is 3. The van der Waals surface area contributed by atoms with Gasteiger partial charge in [0.25, 0.3) is 0 Å². The molecule has 0 radical (unpaired) electrons. The highest BCUT2D eigenvalue weighted by Gasteiger charge is 2.04. The molecule has 2 N–H and O–H groups in total. The molecule has 0 spiro atoms. The highest BCUT2D eigenvalue weighted by molar-refractivity contribution is 5.89. The Balaban J connectivity index is 1.90. The molecule has 2 rings (SSSR count). The fourth-order valence-electron chi connectivity index (χ4n) is 1.56. The van der Waals surface area contributed by atoms with E-state index in [4.69, 9.17) is 5.11 Å². The Morgan fingerprint density at radius 3 is 3.05 bits per heavy atom. The lowest BCUT2D eigenvalue weighted by molar-refractivity contribution is -0.116. The molecular weight excluding hydrogens is 256 g/mol. The Bertz CT molecular complexity index is 626. The Morgan fingerprint density at radius 1 is 1.40 bits per heavy atom. The fourth-order valence-corrected chi connectivity index (χ4v) is 1.56. The average molecular weight is 270 g/mol. The molecule has 0 bridgehead atoms. The highest BCUT2D eigenvalue weighted by atomic mass is 16.2. The SMILES string of the molecule is O=C(CCn1cccn1)Nc1cccc(C#CCO)n1.